The SMILES string of the molecule is CCOC(=O)C#Cc1ccc(OC)c(F)c1F. The van der Waals surface area contributed by atoms with Gasteiger partial charge in [-0.1, -0.05) is 5.92 Å². The normalized spacial score (nSPS) is 9.18. The molecule has 0 aromatic heterocycles. The van der Waals surface area contributed by atoms with Crippen LogP contribution in [-0.2, 0) is 9.53 Å². The van der Waals surface area contributed by atoms with Gasteiger partial charge in [0.2, 0.25) is 5.82 Å². The Bertz CT molecular complexity index is 487. The van der Waals surface area contributed by atoms with Crippen molar-refractivity contribution in [2.75, 3.05) is 13.7 Å². The zero-order valence-electron chi connectivity index (χ0n) is 9.34. The molecule has 0 bridgehead atoms. The van der Waals surface area contributed by atoms with Crippen molar-refractivity contribution < 1.29 is 23.0 Å². The van der Waals surface area contributed by atoms with Gasteiger partial charge in [0.25, 0.3) is 0 Å². The molecular weight excluding hydrogens is 230 g/mol. The Morgan fingerprint density at radius 3 is 2.65 bits per heavy atom. The maximum Gasteiger partial charge on any atom is 0.384 e. The van der Waals surface area contributed by atoms with Crippen molar-refractivity contribution in [3.8, 4) is 17.6 Å². The van der Waals surface area contributed by atoms with E-state index in [2.05, 4.69) is 15.4 Å². The molecule has 0 radical (unpaired) electrons. The van der Waals surface area contributed by atoms with Crippen LogP contribution in [0.3, 0.4) is 0 Å². The molecule has 1 aromatic carbocycles. The predicted octanol–water partition coefficient (Wildman–Crippen LogP) is 1.89. The van der Waals surface area contributed by atoms with Gasteiger partial charge >= 0.3 is 5.97 Å². The van der Waals surface area contributed by atoms with E-state index >= 15 is 0 Å². The Morgan fingerprint density at radius 2 is 2.06 bits per heavy atom. The number of esters is 1. The highest BCUT2D eigenvalue weighted by molar-refractivity contribution is 5.89. The van der Waals surface area contributed by atoms with Crippen LogP contribution < -0.4 is 4.74 Å². The highest BCUT2D eigenvalue weighted by Gasteiger charge is 2.12. The largest absolute Gasteiger partial charge is 0.494 e. The molecule has 5 heteroatoms. The smallest absolute Gasteiger partial charge is 0.384 e. The maximum atomic E-state index is 13.4. The fraction of sp³-hybridized carbons (Fsp3) is 0.250. The molecule has 0 amide bonds. The topological polar surface area (TPSA) is 35.5 Å². The molecular formula is C12H10F2O3. The first-order chi connectivity index (χ1) is 8.10. The maximum absolute atomic E-state index is 13.4. The lowest BCUT2D eigenvalue weighted by molar-refractivity contribution is -0.136. The van der Waals surface area contributed by atoms with E-state index in [1.165, 1.54) is 19.2 Å². The molecule has 0 saturated heterocycles. The van der Waals surface area contributed by atoms with Gasteiger partial charge in [-0.05, 0) is 19.1 Å². The lowest BCUT2D eigenvalue weighted by Crippen LogP contribution is -2.00. The zero-order valence-corrected chi connectivity index (χ0v) is 9.34. The van der Waals surface area contributed by atoms with Gasteiger partial charge in [0, 0.05) is 5.92 Å². The van der Waals surface area contributed by atoms with Gasteiger partial charge in [0.1, 0.15) is 0 Å². The number of hydrogen-bond donors (Lipinski definition) is 0. The number of methoxy groups -OCH3 is 1. The molecule has 0 atom stereocenters. The summed E-state index contributed by atoms with van der Waals surface area (Å²) in [7, 11) is 1.22. The molecule has 0 aliphatic carbocycles. The summed E-state index contributed by atoms with van der Waals surface area (Å²) in [5.41, 5.74) is -0.226. The molecule has 17 heavy (non-hydrogen) atoms. The van der Waals surface area contributed by atoms with Gasteiger partial charge in [-0.3, -0.25) is 0 Å². The third-order valence-corrected chi connectivity index (χ3v) is 1.84. The molecule has 1 rings (SSSR count). The Labute approximate surface area is 97.3 Å². The molecule has 0 unspecified atom stereocenters. The molecule has 0 saturated carbocycles. The number of benzene rings is 1. The second-order valence-corrected chi connectivity index (χ2v) is 2.91. The van der Waals surface area contributed by atoms with E-state index in [9.17, 15) is 13.6 Å². The monoisotopic (exact) mass is 240 g/mol. The molecule has 0 fully saturated rings. The number of ether oxygens (including phenoxy) is 2. The number of halogens is 2. The van der Waals surface area contributed by atoms with E-state index in [0.717, 1.165) is 0 Å². The highest BCUT2D eigenvalue weighted by atomic mass is 19.2. The highest BCUT2D eigenvalue weighted by Crippen LogP contribution is 2.21. The standard InChI is InChI=1S/C12H10F2O3/c1-3-17-10(15)7-5-8-4-6-9(16-2)12(14)11(8)13/h4,6H,3H2,1-2H3. The van der Waals surface area contributed by atoms with Gasteiger partial charge in [-0.25, -0.2) is 9.18 Å². The van der Waals surface area contributed by atoms with Crippen molar-refractivity contribution in [1.82, 2.24) is 0 Å². The van der Waals surface area contributed by atoms with Crippen LogP contribution in [0.1, 0.15) is 12.5 Å². The zero-order chi connectivity index (χ0) is 12.8. The summed E-state index contributed by atoms with van der Waals surface area (Å²) < 4.78 is 35.7. The Kier molecular flexibility index (Phi) is 4.46. The van der Waals surface area contributed by atoms with Crippen LogP contribution in [0.2, 0.25) is 0 Å². The Hall–Kier alpha value is -2.09. The number of hydrogen-bond acceptors (Lipinski definition) is 3. The molecule has 0 N–H and O–H groups in total. The van der Waals surface area contributed by atoms with Gasteiger partial charge in [0.05, 0.1) is 19.3 Å². The van der Waals surface area contributed by atoms with E-state index in [4.69, 9.17) is 0 Å². The minimum Gasteiger partial charge on any atom is -0.494 e. The summed E-state index contributed by atoms with van der Waals surface area (Å²) in [5.74, 6) is 0.947. The van der Waals surface area contributed by atoms with Crippen LogP contribution in [-0.4, -0.2) is 19.7 Å². The summed E-state index contributed by atoms with van der Waals surface area (Å²) in [6.07, 6.45) is 0. The predicted molar refractivity (Wildman–Crippen MR) is 56.4 cm³/mol. The van der Waals surface area contributed by atoms with Crippen molar-refractivity contribution in [3.63, 3.8) is 0 Å². The fourth-order valence-corrected chi connectivity index (χ4v) is 1.07. The summed E-state index contributed by atoms with van der Waals surface area (Å²) in [6, 6.07) is 2.46. The second-order valence-electron chi connectivity index (χ2n) is 2.91. The van der Waals surface area contributed by atoms with Gasteiger partial charge in [0.15, 0.2) is 11.6 Å². The van der Waals surface area contributed by atoms with E-state index in [1.54, 1.807) is 6.92 Å². The number of carbonyl (C=O) groups excluding carboxylic acids is 1. The third-order valence-electron chi connectivity index (χ3n) is 1.84. The Balaban J connectivity index is 3.01. The quantitative estimate of drug-likeness (QED) is 0.585. The van der Waals surface area contributed by atoms with Crippen LogP contribution in [0.4, 0.5) is 8.78 Å². The average molecular weight is 240 g/mol. The van der Waals surface area contributed by atoms with Crippen molar-refractivity contribution in [2.45, 2.75) is 6.92 Å². The molecule has 0 aliphatic rings. The molecule has 0 aliphatic heterocycles. The minimum atomic E-state index is -1.15. The van der Waals surface area contributed by atoms with Crippen molar-refractivity contribution in [2.24, 2.45) is 0 Å². The minimum absolute atomic E-state index is 0.174. The average Bonchev–Trinajstić information content (AvgIpc) is 2.31. The van der Waals surface area contributed by atoms with Crippen molar-refractivity contribution >= 4 is 5.97 Å². The third kappa shape index (κ3) is 3.18. The van der Waals surface area contributed by atoms with Crippen LogP contribution in [0, 0.1) is 23.5 Å². The van der Waals surface area contributed by atoms with Gasteiger partial charge < -0.3 is 9.47 Å². The number of carbonyl (C=O) groups is 1. The lowest BCUT2D eigenvalue weighted by Gasteiger charge is -2.02. The van der Waals surface area contributed by atoms with E-state index in [0.29, 0.717) is 0 Å². The van der Waals surface area contributed by atoms with Crippen LogP contribution in [0.5, 0.6) is 5.75 Å². The summed E-state index contributed by atoms with van der Waals surface area (Å²) in [6.45, 7) is 1.79. The van der Waals surface area contributed by atoms with Crippen LogP contribution >= 0.6 is 0 Å². The first kappa shape index (κ1) is 13.0. The van der Waals surface area contributed by atoms with Gasteiger partial charge in [-0.2, -0.15) is 4.39 Å². The van der Waals surface area contributed by atoms with Crippen LogP contribution in [0.15, 0.2) is 12.1 Å². The molecule has 1 aromatic rings. The molecule has 0 spiro atoms. The van der Waals surface area contributed by atoms with Crippen LogP contribution in [0.25, 0.3) is 0 Å². The summed E-state index contributed by atoms with van der Waals surface area (Å²) in [5, 5.41) is 0. The van der Waals surface area contributed by atoms with Crippen molar-refractivity contribution in [1.29, 1.82) is 0 Å². The van der Waals surface area contributed by atoms with E-state index < -0.39 is 17.6 Å². The first-order valence-corrected chi connectivity index (χ1v) is 4.81. The summed E-state index contributed by atoms with van der Waals surface area (Å²) >= 11 is 0. The van der Waals surface area contributed by atoms with Crippen molar-refractivity contribution in [3.05, 3.63) is 29.3 Å². The Morgan fingerprint density at radius 1 is 1.35 bits per heavy atom. The molecule has 90 valence electrons. The summed E-state index contributed by atoms with van der Waals surface area (Å²) in [4.78, 5) is 10.9. The van der Waals surface area contributed by atoms with Gasteiger partial charge in [-0.15, -0.1) is 0 Å². The number of rotatable bonds is 2. The molecule has 3 nitrogen and oxygen atoms in total. The molecule has 0 heterocycles. The second kappa shape index (κ2) is 5.85. The van der Waals surface area contributed by atoms with E-state index in [1.807, 2.05) is 5.92 Å². The fourth-order valence-electron chi connectivity index (χ4n) is 1.07. The first-order valence-electron chi connectivity index (χ1n) is 4.81. The van der Waals surface area contributed by atoms with E-state index in [-0.39, 0.29) is 17.9 Å². The lowest BCUT2D eigenvalue weighted by atomic mass is 10.2.